The number of nitrogens with zero attached hydrogens (tertiary/aromatic N) is 2. The molecule has 1 aromatic rings. The summed E-state index contributed by atoms with van der Waals surface area (Å²) in [5.74, 6) is -2.52. The van der Waals surface area contributed by atoms with Crippen molar-refractivity contribution in [1.82, 2.24) is 9.80 Å². The van der Waals surface area contributed by atoms with Crippen molar-refractivity contribution in [2.75, 3.05) is 13.1 Å². The molecule has 2 aliphatic carbocycles. The van der Waals surface area contributed by atoms with Gasteiger partial charge >= 0.3 is 0 Å². The first-order valence-corrected chi connectivity index (χ1v) is 12.0. The summed E-state index contributed by atoms with van der Waals surface area (Å²) in [7, 11) is 0. The highest BCUT2D eigenvalue weighted by molar-refractivity contribution is 6.07. The first kappa shape index (κ1) is 22.1. The molecule has 2 saturated heterocycles. The van der Waals surface area contributed by atoms with Crippen LogP contribution in [0.25, 0.3) is 0 Å². The third-order valence-electron chi connectivity index (χ3n) is 7.87. The SMILES string of the molecule is CCCN1C(=O)[C@H]2[C@H](CC=C3[C@H]2C[C@H]2C(=O)N(CCC)C(=O)[C@H]2[C@H]3c2ccc(CO)o2)C1=O. The lowest BCUT2D eigenvalue weighted by molar-refractivity contribution is -0.142. The molecule has 5 rings (SSSR count). The van der Waals surface area contributed by atoms with Gasteiger partial charge in [0.05, 0.1) is 29.6 Å². The predicted molar refractivity (Wildman–Crippen MR) is 116 cm³/mol. The minimum atomic E-state index is -0.584. The van der Waals surface area contributed by atoms with E-state index in [1.807, 2.05) is 19.9 Å². The quantitative estimate of drug-likeness (QED) is 0.522. The van der Waals surface area contributed by atoms with Crippen LogP contribution >= 0.6 is 0 Å². The Hall–Kier alpha value is -2.74. The zero-order valence-electron chi connectivity index (χ0n) is 19.0. The molecule has 3 fully saturated rings. The molecule has 4 aliphatic rings. The van der Waals surface area contributed by atoms with Gasteiger partial charge in [0, 0.05) is 13.1 Å². The van der Waals surface area contributed by atoms with E-state index in [-0.39, 0.29) is 36.2 Å². The molecule has 6 atom stereocenters. The van der Waals surface area contributed by atoms with Crippen LogP contribution < -0.4 is 0 Å². The maximum Gasteiger partial charge on any atom is 0.234 e. The Balaban J connectivity index is 1.59. The van der Waals surface area contributed by atoms with Gasteiger partial charge in [-0.3, -0.25) is 29.0 Å². The number of imide groups is 2. The van der Waals surface area contributed by atoms with E-state index in [9.17, 15) is 24.3 Å². The molecule has 33 heavy (non-hydrogen) atoms. The zero-order chi connectivity index (χ0) is 23.4. The average Bonchev–Trinajstić information content (AvgIpc) is 3.45. The maximum atomic E-state index is 13.4. The fourth-order valence-electron chi connectivity index (χ4n) is 6.57. The third kappa shape index (κ3) is 3.14. The van der Waals surface area contributed by atoms with Crippen molar-refractivity contribution in [3.63, 3.8) is 0 Å². The van der Waals surface area contributed by atoms with Crippen LogP contribution in [0.3, 0.4) is 0 Å². The molecule has 0 aromatic carbocycles. The number of hydrogen-bond acceptors (Lipinski definition) is 6. The van der Waals surface area contributed by atoms with Gasteiger partial charge in [0.1, 0.15) is 18.1 Å². The molecule has 1 saturated carbocycles. The van der Waals surface area contributed by atoms with Gasteiger partial charge in [-0.05, 0) is 43.7 Å². The molecule has 4 amide bonds. The minimum Gasteiger partial charge on any atom is -0.463 e. The number of allylic oxidation sites excluding steroid dienone is 2. The summed E-state index contributed by atoms with van der Waals surface area (Å²) < 4.78 is 5.89. The van der Waals surface area contributed by atoms with E-state index in [4.69, 9.17) is 4.42 Å². The molecular weight excluding hydrogens is 424 g/mol. The lowest BCUT2D eigenvalue weighted by atomic mass is 9.58. The number of aliphatic hydroxyl groups excluding tert-OH is 1. The van der Waals surface area contributed by atoms with Crippen LogP contribution in [0.4, 0.5) is 0 Å². The fraction of sp³-hybridized carbons (Fsp3) is 0.600. The van der Waals surface area contributed by atoms with Gasteiger partial charge in [-0.15, -0.1) is 0 Å². The number of carbonyl (C=O) groups is 4. The Kier molecular flexibility index (Phi) is 5.51. The second kappa shape index (κ2) is 8.24. The van der Waals surface area contributed by atoms with Crippen LogP contribution in [0.2, 0.25) is 0 Å². The van der Waals surface area contributed by atoms with E-state index in [2.05, 4.69) is 0 Å². The standard InChI is InChI=1S/C25H30N2O6/c1-3-9-26-22(29)15-7-6-14-16(19(15)24(26)31)11-17-21(25(32)27(10-4-2)23(17)30)20(14)18-8-5-13(12-28)33-18/h5-6,8,15-17,19-21,28H,3-4,7,9-12H2,1-2H3/t15-,16+,17+,19-,20+,21+/m0/s1. The Bertz CT molecular complexity index is 1040. The Morgan fingerprint density at radius 3 is 2.12 bits per heavy atom. The summed E-state index contributed by atoms with van der Waals surface area (Å²) in [5.41, 5.74) is 0.926. The highest BCUT2D eigenvalue weighted by Crippen LogP contribution is 2.58. The van der Waals surface area contributed by atoms with Crippen molar-refractivity contribution in [2.24, 2.45) is 29.6 Å². The summed E-state index contributed by atoms with van der Waals surface area (Å²) >= 11 is 0. The van der Waals surface area contributed by atoms with Gasteiger partial charge in [0.15, 0.2) is 0 Å². The molecule has 0 unspecified atom stereocenters. The lowest BCUT2D eigenvalue weighted by Gasteiger charge is -2.43. The minimum absolute atomic E-state index is 0.122. The summed E-state index contributed by atoms with van der Waals surface area (Å²) in [6, 6.07) is 3.44. The highest BCUT2D eigenvalue weighted by Gasteiger charge is 2.62. The molecule has 3 heterocycles. The van der Waals surface area contributed by atoms with Gasteiger partial charge in [0.25, 0.3) is 0 Å². The molecule has 0 bridgehead atoms. The monoisotopic (exact) mass is 454 g/mol. The van der Waals surface area contributed by atoms with Crippen molar-refractivity contribution in [1.29, 1.82) is 0 Å². The van der Waals surface area contributed by atoms with Crippen molar-refractivity contribution >= 4 is 23.6 Å². The Labute approximate surface area is 192 Å². The van der Waals surface area contributed by atoms with Gasteiger partial charge in [-0.1, -0.05) is 25.5 Å². The molecule has 2 aliphatic heterocycles. The van der Waals surface area contributed by atoms with Crippen molar-refractivity contribution in [3.05, 3.63) is 35.3 Å². The zero-order valence-corrected chi connectivity index (χ0v) is 19.0. The Morgan fingerprint density at radius 1 is 0.879 bits per heavy atom. The summed E-state index contributed by atoms with van der Waals surface area (Å²) in [6.07, 6.45) is 4.22. The van der Waals surface area contributed by atoms with E-state index in [0.717, 1.165) is 5.57 Å². The summed E-state index contributed by atoms with van der Waals surface area (Å²) in [4.78, 5) is 55.8. The number of rotatable bonds is 6. The first-order valence-electron chi connectivity index (χ1n) is 12.0. The van der Waals surface area contributed by atoms with Gasteiger partial charge < -0.3 is 9.52 Å². The normalized spacial score (nSPS) is 33.4. The molecule has 8 nitrogen and oxygen atoms in total. The van der Waals surface area contributed by atoms with E-state index in [1.54, 1.807) is 12.1 Å². The van der Waals surface area contributed by atoms with Crippen molar-refractivity contribution in [2.45, 2.75) is 52.1 Å². The predicted octanol–water partition coefficient (Wildman–Crippen LogP) is 2.23. The van der Waals surface area contributed by atoms with E-state index in [0.29, 0.717) is 50.3 Å². The number of amides is 4. The van der Waals surface area contributed by atoms with E-state index >= 15 is 0 Å². The van der Waals surface area contributed by atoms with Crippen LogP contribution in [-0.4, -0.2) is 51.6 Å². The van der Waals surface area contributed by atoms with E-state index in [1.165, 1.54) is 9.80 Å². The molecule has 8 heteroatoms. The second-order valence-corrected chi connectivity index (χ2v) is 9.64. The topological polar surface area (TPSA) is 108 Å². The van der Waals surface area contributed by atoms with Crippen molar-refractivity contribution in [3.8, 4) is 0 Å². The number of hydrogen-bond donors (Lipinski definition) is 1. The first-order chi connectivity index (χ1) is 15.9. The number of aliphatic hydroxyl groups is 1. The highest BCUT2D eigenvalue weighted by atomic mass is 16.4. The average molecular weight is 455 g/mol. The van der Waals surface area contributed by atoms with Crippen LogP contribution in [0.1, 0.15) is 57.0 Å². The largest absolute Gasteiger partial charge is 0.463 e. The van der Waals surface area contributed by atoms with Gasteiger partial charge in [-0.25, -0.2) is 0 Å². The van der Waals surface area contributed by atoms with E-state index < -0.39 is 29.6 Å². The fourth-order valence-corrected chi connectivity index (χ4v) is 6.57. The number of carbonyl (C=O) groups excluding carboxylic acids is 4. The summed E-state index contributed by atoms with van der Waals surface area (Å²) in [6.45, 7) is 4.38. The van der Waals surface area contributed by atoms with Gasteiger partial charge in [0.2, 0.25) is 23.6 Å². The molecular formula is C25H30N2O6. The molecule has 0 radical (unpaired) electrons. The third-order valence-corrected chi connectivity index (χ3v) is 7.87. The number of likely N-dealkylation sites (tertiary alicyclic amines) is 2. The molecule has 1 N–H and O–H groups in total. The Morgan fingerprint density at radius 2 is 1.52 bits per heavy atom. The maximum absolute atomic E-state index is 13.4. The molecule has 0 spiro atoms. The number of furan rings is 1. The van der Waals surface area contributed by atoms with Crippen LogP contribution in [0, 0.1) is 29.6 Å². The number of fused-ring (bicyclic) bond motifs is 4. The van der Waals surface area contributed by atoms with Crippen molar-refractivity contribution < 1.29 is 28.7 Å². The molecule has 176 valence electrons. The summed E-state index contributed by atoms with van der Waals surface area (Å²) in [5, 5.41) is 9.52. The molecule has 1 aromatic heterocycles. The van der Waals surface area contributed by atoms with Crippen LogP contribution in [0.5, 0.6) is 0 Å². The lowest BCUT2D eigenvalue weighted by Crippen LogP contribution is -2.43. The van der Waals surface area contributed by atoms with Crippen LogP contribution in [0.15, 0.2) is 28.2 Å². The van der Waals surface area contributed by atoms with Gasteiger partial charge in [-0.2, -0.15) is 0 Å². The second-order valence-electron chi connectivity index (χ2n) is 9.64. The smallest absolute Gasteiger partial charge is 0.234 e. The van der Waals surface area contributed by atoms with Crippen LogP contribution in [-0.2, 0) is 25.8 Å².